The monoisotopic (exact) mass is 309 g/mol. The summed E-state index contributed by atoms with van der Waals surface area (Å²) < 4.78 is 26.3. The number of nitrogens with zero attached hydrogens (tertiary/aromatic N) is 1. The highest BCUT2D eigenvalue weighted by Crippen LogP contribution is 2.22. The van der Waals surface area contributed by atoms with Crippen molar-refractivity contribution in [3.63, 3.8) is 0 Å². The van der Waals surface area contributed by atoms with E-state index >= 15 is 0 Å². The van der Waals surface area contributed by atoms with Crippen LogP contribution in [-0.4, -0.2) is 31.9 Å². The molecule has 1 atom stereocenters. The standard InChI is InChI=1S/C9H9Cl2N3O3S/c10-7-2-6(4-13-9(7)11)18(16,17)14-5-1-8(15)12-3-5/h2,4-5,14H,1,3H2,(H,12,15). The molecule has 0 bridgehead atoms. The number of rotatable bonds is 3. The lowest BCUT2D eigenvalue weighted by molar-refractivity contribution is -0.119. The maximum atomic E-state index is 12.0. The van der Waals surface area contributed by atoms with E-state index < -0.39 is 16.1 Å². The van der Waals surface area contributed by atoms with Gasteiger partial charge in [0, 0.05) is 25.2 Å². The summed E-state index contributed by atoms with van der Waals surface area (Å²) in [5.74, 6) is -0.185. The van der Waals surface area contributed by atoms with E-state index in [1.54, 1.807) is 0 Å². The number of amides is 1. The van der Waals surface area contributed by atoms with Crippen LogP contribution in [0, 0.1) is 0 Å². The summed E-state index contributed by atoms with van der Waals surface area (Å²) in [6, 6.07) is 0.751. The van der Waals surface area contributed by atoms with Crippen LogP contribution in [-0.2, 0) is 14.8 Å². The van der Waals surface area contributed by atoms with Crippen LogP contribution in [0.15, 0.2) is 17.2 Å². The van der Waals surface area contributed by atoms with E-state index in [0.717, 1.165) is 6.20 Å². The fourth-order valence-electron chi connectivity index (χ4n) is 1.53. The average molecular weight is 310 g/mol. The number of hydrogen-bond acceptors (Lipinski definition) is 4. The van der Waals surface area contributed by atoms with Crippen molar-refractivity contribution in [3.05, 3.63) is 22.4 Å². The van der Waals surface area contributed by atoms with Gasteiger partial charge >= 0.3 is 0 Å². The molecule has 1 unspecified atom stereocenters. The number of halogens is 2. The van der Waals surface area contributed by atoms with Crippen LogP contribution >= 0.6 is 23.2 Å². The van der Waals surface area contributed by atoms with E-state index in [2.05, 4.69) is 15.0 Å². The first-order valence-corrected chi connectivity index (χ1v) is 7.22. The predicted octanol–water partition coefficient (Wildman–Crippen LogP) is 0.555. The number of carbonyl (C=O) groups is 1. The summed E-state index contributed by atoms with van der Waals surface area (Å²) in [5.41, 5.74) is 0. The number of sulfonamides is 1. The molecule has 1 amide bonds. The van der Waals surface area contributed by atoms with Gasteiger partial charge in [-0.3, -0.25) is 4.79 Å². The Labute approximate surface area is 114 Å². The van der Waals surface area contributed by atoms with Gasteiger partial charge in [-0.05, 0) is 6.07 Å². The van der Waals surface area contributed by atoms with Gasteiger partial charge in [-0.15, -0.1) is 0 Å². The highest BCUT2D eigenvalue weighted by atomic mass is 35.5. The molecule has 0 radical (unpaired) electrons. The smallest absolute Gasteiger partial charge is 0.242 e. The minimum atomic E-state index is -3.75. The Morgan fingerprint density at radius 3 is 2.72 bits per heavy atom. The van der Waals surface area contributed by atoms with Gasteiger partial charge in [0.1, 0.15) is 10.0 Å². The molecule has 1 saturated heterocycles. The molecular weight excluding hydrogens is 301 g/mol. The number of pyridine rings is 1. The zero-order valence-electron chi connectivity index (χ0n) is 8.98. The zero-order valence-corrected chi connectivity index (χ0v) is 11.3. The Balaban J connectivity index is 2.20. The second-order valence-corrected chi connectivity index (χ2v) is 6.25. The number of hydrogen-bond donors (Lipinski definition) is 2. The van der Waals surface area contributed by atoms with Crippen molar-refractivity contribution < 1.29 is 13.2 Å². The molecule has 6 nitrogen and oxygen atoms in total. The first-order chi connectivity index (χ1) is 8.38. The number of carbonyl (C=O) groups excluding carboxylic acids is 1. The summed E-state index contributed by atoms with van der Waals surface area (Å²) in [7, 11) is -3.75. The van der Waals surface area contributed by atoms with E-state index in [1.807, 2.05) is 0 Å². The molecule has 0 spiro atoms. The predicted molar refractivity (Wildman–Crippen MR) is 66.0 cm³/mol. The fourth-order valence-corrected chi connectivity index (χ4v) is 3.07. The highest BCUT2D eigenvalue weighted by Gasteiger charge is 2.27. The topological polar surface area (TPSA) is 88.2 Å². The summed E-state index contributed by atoms with van der Waals surface area (Å²) >= 11 is 11.3. The minimum Gasteiger partial charge on any atom is -0.354 e. The molecule has 18 heavy (non-hydrogen) atoms. The van der Waals surface area contributed by atoms with Gasteiger partial charge in [0.05, 0.1) is 5.02 Å². The third-order valence-electron chi connectivity index (χ3n) is 2.38. The van der Waals surface area contributed by atoms with Crippen LogP contribution in [0.3, 0.4) is 0 Å². The Morgan fingerprint density at radius 2 is 2.17 bits per heavy atom. The third-order valence-corrected chi connectivity index (χ3v) is 4.55. The lowest BCUT2D eigenvalue weighted by Gasteiger charge is -2.11. The van der Waals surface area contributed by atoms with Crippen LogP contribution in [0.1, 0.15) is 6.42 Å². The molecule has 1 aromatic heterocycles. The van der Waals surface area contributed by atoms with Gasteiger partial charge < -0.3 is 5.32 Å². The quantitative estimate of drug-likeness (QED) is 0.798. The van der Waals surface area contributed by atoms with Gasteiger partial charge in [-0.25, -0.2) is 18.1 Å². The number of nitrogens with one attached hydrogen (secondary N) is 2. The molecule has 0 saturated carbocycles. The van der Waals surface area contributed by atoms with Gasteiger partial charge in [-0.2, -0.15) is 0 Å². The van der Waals surface area contributed by atoms with Crippen LogP contribution in [0.25, 0.3) is 0 Å². The molecule has 1 aromatic rings. The molecule has 2 heterocycles. The van der Waals surface area contributed by atoms with E-state index in [-0.39, 0.29) is 33.9 Å². The van der Waals surface area contributed by atoms with Crippen LogP contribution in [0.5, 0.6) is 0 Å². The first-order valence-electron chi connectivity index (χ1n) is 4.98. The molecule has 9 heteroatoms. The lowest BCUT2D eigenvalue weighted by Crippen LogP contribution is -2.36. The highest BCUT2D eigenvalue weighted by molar-refractivity contribution is 7.89. The van der Waals surface area contributed by atoms with Crippen LogP contribution in [0.2, 0.25) is 10.2 Å². The van der Waals surface area contributed by atoms with Gasteiger partial charge in [0.25, 0.3) is 0 Å². The van der Waals surface area contributed by atoms with Gasteiger partial charge in [-0.1, -0.05) is 23.2 Å². The van der Waals surface area contributed by atoms with Crippen molar-refractivity contribution in [2.75, 3.05) is 6.54 Å². The van der Waals surface area contributed by atoms with E-state index in [0.29, 0.717) is 0 Å². The van der Waals surface area contributed by atoms with Crippen LogP contribution < -0.4 is 10.0 Å². The Hall–Kier alpha value is -0.890. The molecular formula is C9H9Cl2N3O3S. The van der Waals surface area contributed by atoms with Crippen molar-refractivity contribution in [2.24, 2.45) is 0 Å². The molecule has 2 rings (SSSR count). The molecule has 0 aliphatic carbocycles. The summed E-state index contributed by atoms with van der Waals surface area (Å²) in [6.45, 7) is 0.271. The van der Waals surface area contributed by atoms with E-state index in [9.17, 15) is 13.2 Å². The van der Waals surface area contributed by atoms with E-state index in [1.165, 1.54) is 6.07 Å². The summed E-state index contributed by atoms with van der Waals surface area (Å²) in [4.78, 5) is 14.6. The summed E-state index contributed by atoms with van der Waals surface area (Å²) in [6.07, 6.45) is 1.23. The molecule has 0 aromatic carbocycles. The molecule has 1 aliphatic heterocycles. The Bertz CT molecular complexity index is 591. The second kappa shape index (κ2) is 5.00. The maximum Gasteiger partial charge on any atom is 0.242 e. The average Bonchev–Trinajstić information content (AvgIpc) is 2.67. The van der Waals surface area contributed by atoms with Crippen molar-refractivity contribution in [1.29, 1.82) is 0 Å². The maximum absolute atomic E-state index is 12.0. The first kappa shape index (κ1) is 13.5. The molecule has 1 aliphatic rings. The lowest BCUT2D eigenvalue weighted by atomic mass is 10.3. The Kier molecular flexibility index (Phi) is 3.76. The van der Waals surface area contributed by atoms with Gasteiger partial charge in [0.15, 0.2) is 0 Å². The normalized spacial score (nSPS) is 19.9. The molecule has 2 N–H and O–H groups in total. The van der Waals surface area contributed by atoms with Crippen LogP contribution in [0.4, 0.5) is 0 Å². The SMILES string of the molecule is O=C1CC(NS(=O)(=O)c2cnc(Cl)c(Cl)c2)CN1. The van der Waals surface area contributed by atoms with Crippen molar-refractivity contribution in [3.8, 4) is 0 Å². The van der Waals surface area contributed by atoms with Crippen molar-refractivity contribution in [2.45, 2.75) is 17.4 Å². The summed E-state index contributed by atoms with van der Waals surface area (Å²) in [5, 5.41) is 2.63. The van der Waals surface area contributed by atoms with E-state index in [4.69, 9.17) is 23.2 Å². The molecule has 98 valence electrons. The molecule has 1 fully saturated rings. The Morgan fingerprint density at radius 1 is 1.44 bits per heavy atom. The zero-order chi connectivity index (χ0) is 13.3. The van der Waals surface area contributed by atoms with Gasteiger partial charge in [0.2, 0.25) is 15.9 Å². The van der Waals surface area contributed by atoms with Crippen molar-refractivity contribution >= 4 is 39.1 Å². The third kappa shape index (κ3) is 2.92. The minimum absolute atomic E-state index is 0.0355. The number of aromatic nitrogens is 1. The largest absolute Gasteiger partial charge is 0.354 e. The van der Waals surface area contributed by atoms with Crippen molar-refractivity contribution in [1.82, 2.24) is 15.0 Å². The second-order valence-electron chi connectivity index (χ2n) is 3.77. The fraction of sp³-hybridized carbons (Fsp3) is 0.333.